The van der Waals surface area contributed by atoms with Gasteiger partial charge in [0.1, 0.15) is 11.4 Å². The predicted octanol–water partition coefficient (Wildman–Crippen LogP) is 3.93. The van der Waals surface area contributed by atoms with Crippen molar-refractivity contribution in [3.05, 3.63) is 23.8 Å². The summed E-state index contributed by atoms with van der Waals surface area (Å²) >= 11 is 0. The van der Waals surface area contributed by atoms with Crippen molar-refractivity contribution in [2.45, 2.75) is 52.1 Å². The number of hydrogen-bond donors (Lipinski definition) is 1. The summed E-state index contributed by atoms with van der Waals surface area (Å²) in [6, 6.07) is 5.72. The minimum Gasteiger partial charge on any atom is -0.494 e. The number of carbonyl (C=O) groups is 1. The van der Waals surface area contributed by atoms with Crippen molar-refractivity contribution in [3.63, 3.8) is 0 Å². The van der Waals surface area contributed by atoms with Crippen LogP contribution in [-0.2, 0) is 9.53 Å². The number of carbonyl (C=O) groups excluding carboxylic acids is 1. The van der Waals surface area contributed by atoms with Gasteiger partial charge in [-0.25, -0.2) is 0 Å². The lowest BCUT2D eigenvalue weighted by Gasteiger charge is -2.36. The molecule has 1 aliphatic rings. The Balaban J connectivity index is 2.09. The lowest BCUT2D eigenvalue weighted by molar-refractivity contribution is -0.142. The molecule has 0 aromatic heterocycles. The summed E-state index contributed by atoms with van der Waals surface area (Å²) in [5.74, 6) is 1.49. The van der Waals surface area contributed by atoms with Gasteiger partial charge >= 0.3 is 0 Å². The largest absolute Gasteiger partial charge is 0.494 e. The third-order valence-electron chi connectivity index (χ3n) is 4.62. The Hall–Kier alpha value is -1.55. The zero-order valence-electron chi connectivity index (χ0n) is 14.1. The molecule has 1 aromatic carbocycles. The summed E-state index contributed by atoms with van der Waals surface area (Å²) in [6.45, 7) is 6.81. The second-order valence-corrected chi connectivity index (χ2v) is 6.25. The molecular weight excluding hydrogens is 278 g/mol. The smallest absolute Gasteiger partial charge is 0.256 e. The average molecular weight is 305 g/mol. The SMILES string of the molecule is CCOc1ccc(NC(=O)C2(OC)CCC(C)CC2)cc1C. The first-order chi connectivity index (χ1) is 10.5. The van der Waals surface area contributed by atoms with Gasteiger partial charge in [0.25, 0.3) is 5.91 Å². The molecule has 0 saturated heterocycles. The van der Waals surface area contributed by atoms with Gasteiger partial charge in [-0.3, -0.25) is 4.79 Å². The fourth-order valence-corrected chi connectivity index (χ4v) is 3.04. The van der Waals surface area contributed by atoms with Gasteiger partial charge in [0.15, 0.2) is 0 Å². The molecule has 2 rings (SSSR count). The first-order valence-corrected chi connectivity index (χ1v) is 8.11. The maximum atomic E-state index is 12.7. The van der Waals surface area contributed by atoms with E-state index in [9.17, 15) is 4.79 Å². The van der Waals surface area contributed by atoms with E-state index in [1.54, 1.807) is 7.11 Å². The van der Waals surface area contributed by atoms with Crippen LogP contribution in [0.1, 0.15) is 45.1 Å². The summed E-state index contributed by atoms with van der Waals surface area (Å²) in [4.78, 5) is 12.7. The summed E-state index contributed by atoms with van der Waals surface area (Å²) in [6.07, 6.45) is 3.63. The van der Waals surface area contributed by atoms with Gasteiger partial charge in [0, 0.05) is 12.8 Å². The van der Waals surface area contributed by atoms with E-state index in [4.69, 9.17) is 9.47 Å². The van der Waals surface area contributed by atoms with E-state index in [0.717, 1.165) is 42.7 Å². The summed E-state index contributed by atoms with van der Waals surface area (Å²) < 4.78 is 11.1. The molecule has 0 atom stereocenters. The molecule has 0 aliphatic heterocycles. The molecule has 1 fully saturated rings. The van der Waals surface area contributed by atoms with Crippen LogP contribution >= 0.6 is 0 Å². The second kappa shape index (κ2) is 7.14. The van der Waals surface area contributed by atoms with Crippen LogP contribution in [0.3, 0.4) is 0 Å². The first-order valence-electron chi connectivity index (χ1n) is 8.11. The van der Waals surface area contributed by atoms with E-state index < -0.39 is 5.60 Å². The quantitative estimate of drug-likeness (QED) is 0.896. The van der Waals surface area contributed by atoms with Crippen LogP contribution < -0.4 is 10.1 Å². The Morgan fingerprint density at radius 1 is 1.36 bits per heavy atom. The van der Waals surface area contributed by atoms with Crippen LogP contribution in [0.15, 0.2) is 18.2 Å². The minimum atomic E-state index is -0.682. The van der Waals surface area contributed by atoms with Crippen LogP contribution in [0.5, 0.6) is 5.75 Å². The highest BCUT2D eigenvalue weighted by molar-refractivity contribution is 5.97. The molecule has 0 radical (unpaired) electrons. The number of rotatable bonds is 5. The van der Waals surface area contributed by atoms with Gasteiger partial charge in [-0.1, -0.05) is 6.92 Å². The monoisotopic (exact) mass is 305 g/mol. The number of benzene rings is 1. The molecule has 4 nitrogen and oxygen atoms in total. The topological polar surface area (TPSA) is 47.6 Å². The van der Waals surface area contributed by atoms with Crippen molar-refractivity contribution >= 4 is 11.6 Å². The number of nitrogens with one attached hydrogen (secondary N) is 1. The molecule has 4 heteroatoms. The molecule has 1 amide bonds. The number of aryl methyl sites for hydroxylation is 1. The summed E-state index contributed by atoms with van der Waals surface area (Å²) in [5, 5.41) is 3.01. The number of hydrogen-bond acceptors (Lipinski definition) is 3. The van der Waals surface area contributed by atoms with Crippen LogP contribution in [0.2, 0.25) is 0 Å². The lowest BCUT2D eigenvalue weighted by Crippen LogP contribution is -2.47. The third kappa shape index (κ3) is 3.61. The Morgan fingerprint density at radius 3 is 2.59 bits per heavy atom. The van der Waals surface area contributed by atoms with E-state index in [2.05, 4.69) is 12.2 Å². The van der Waals surface area contributed by atoms with Crippen LogP contribution in [0.25, 0.3) is 0 Å². The first kappa shape index (κ1) is 16.8. The van der Waals surface area contributed by atoms with E-state index in [1.807, 2.05) is 32.0 Å². The maximum Gasteiger partial charge on any atom is 0.256 e. The fraction of sp³-hybridized carbons (Fsp3) is 0.611. The third-order valence-corrected chi connectivity index (χ3v) is 4.62. The molecule has 22 heavy (non-hydrogen) atoms. The Bertz CT molecular complexity index is 519. The highest BCUT2D eigenvalue weighted by Gasteiger charge is 2.41. The Kier molecular flexibility index (Phi) is 5.46. The summed E-state index contributed by atoms with van der Waals surface area (Å²) in [5.41, 5.74) is 1.13. The van der Waals surface area contributed by atoms with Crippen molar-refractivity contribution in [1.82, 2.24) is 0 Å². The Morgan fingerprint density at radius 2 is 2.05 bits per heavy atom. The molecule has 0 bridgehead atoms. The van der Waals surface area contributed by atoms with Crippen molar-refractivity contribution < 1.29 is 14.3 Å². The van der Waals surface area contributed by atoms with Crippen molar-refractivity contribution in [2.75, 3.05) is 19.0 Å². The van der Waals surface area contributed by atoms with E-state index >= 15 is 0 Å². The molecule has 1 aliphatic carbocycles. The number of anilines is 1. The van der Waals surface area contributed by atoms with Crippen LogP contribution in [0.4, 0.5) is 5.69 Å². The number of amides is 1. The van der Waals surface area contributed by atoms with Crippen molar-refractivity contribution in [3.8, 4) is 5.75 Å². The number of ether oxygens (including phenoxy) is 2. The maximum absolute atomic E-state index is 12.7. The standard InChI is InChI=1S/C18H27NO3/c1-5-22-16-7-6-15(12-14(16)3)19-17(20)18(21-4)10-8-13(2)9-11-18/h6-7,12-13H,5,8-11H2,1-4H3,(H,19,20). The normalized spacial score (nSPS) is 24.8. The molecule has 0 spiro atoms. The van der Waals surface area contributed by atoms with Gasteiger partial charge in [0.05, 0.1) is 6.61 Å². The molecular formula is C18H27NO3. The fourth-order valence-electron chi connectivity index (χ4n) is 3.04. The average Bonchev–Trinajstić information content (AvgIpc) is 2.51. The van der Waals surface area contributed by atoms with Crippen molar-refractivity contribution in [2.24, 2.45) is 5.92 Å². The summed E-state index contributed by atoms with van der Waals surface area (Å²) in [7, 11) is 1.64. The second-order valence-electron chi connectivity index (χ2n) is 6.25. The lowest BCUT2D eigenvalue weighted by atomic mass is 9.79. The Labute approximate surface area is 133 Å². The molecule has 0 heterocycles. The molecule has 1 N–H and O–H groups in total. The van der Waals surface area contributed by atoms with Crippen LogP contribution in [0, 0.1) is 12.8 Å². The zero-order valence-corrected chi connectivity index (χ0v) is 14.1. The van der Waals surface area contributed by atoms with Crippen LogP contribution in [-0.4, -0.2) is 25.2 Å². The molecule has 122 valence electrons. The zero-order chi connectivity index (χ0) is 16.2. The molecule has 0 unspecified atom stereocenters. The van der Waals surface area contributed by atoms with Crippen molar-refractivity contribution in [1.29, 1.82) is 0 Å². The highest BCUT2D eigenvalue weighted by Crippen LogP contribution is 2.35. The van der Waals surface area contributed by atoms with E-state index in [0.29, 0.717) is 12.5 Å². The van der Waals surface area contributed by atoms with Gasteiger partial charge in [-0.2, -0.15) is 0 Å². The van der Waals surface area contributed by atoms with Gasteiger partial charge in [0.2, 0.25) is 0 Å². The van der Waals surface area contributed by atoms with Gasteiger partial charge < -0.3 is 14.8 Å². The predicted molar refractivity (Wildman–Crippen MR) is 88.3 cm³/mol. The van der Waals surface area contributed by atoms with Gasteiger partial charge in [-0.05, 0) is 69.2 Å². The van der Waals surface area contributed by atoms with Gasteiger partial charge in [-0.15, -0.1) is 0 Å². The highest BCUT2D eigenvalue weighted by atomic mass is 16.5. The molecule has 1 aromatic rings. The van der Waals surface area contributed by atoms with E-state index in [-0.39, 0.29) is 5.91 Å². The molecule has 1 saturated carbocycles. The van der Waals surface area contributed by atoms with E-state index in [1.165, 1.54) is 0 Å². The number of methoxy groups -OCH3 is 1. The minimum absolute atomic E-state index is 0.0366.